The Bertz CT molecular complexity index is 978. The minimum Gasteiger partial charge on any atom is -0.370 e. The fraction of sp³-hybridized carbons (Fsp3) is 0.409. The van der Waals surface area contributed by atoms with Gasteiger partial charge in [0.25, 0.3) is 0 Å². The van der Waals surface area contributed by atoms with Gasteiger partial charge >= 0.3 is 0 Å². The van der Waals surface area contributed by atoms with E-state index in [9.17, 15) is 4.79 Å². The van der Waals surface area contributed by atoms with E-state index in [1.165, 1.54) is 5.56 Å². The minimum absolute atomic E-state index is 0.227. The lowest BCUT2D eigenvalue weighted by molar-refractivity contribution is -0.133. The summed E-state index contributed by atoms with van der Waals surface area (Å²) in [6.45, 7) is 5.71. The number of benzene rings is 1. The summed E-state index contributed by atoms with van der Waals surface area (Å²) in [5.41, 5.74) is 4.28. The topological polar surface area (TPSA) is 62.5 Å². The molecule has 4 rings (SSSR count). The second-order valence-electron chi connectivity index (χ2n) is 7.65. The summed E-state index contributed by atoms with van der Waals surface area (Å²) < 4.78 is 1.81. The number of hydrogen-bond acceptors (Lipinski definition) is 4. The predicted molar refractivity (Wildman–Crippen MR) is 111 cm³/mol. The molecule has 0 radical (unpaired) electrons. The fourth-order valence-electron chi connectivity index (χ4n) is 3.79. The van der Waals surface area contributed by atoms with Gasteiger partial charge in [-0.1, -0.05) is 24.3 Å². The minimum atomic E-state index is 0.227. The van der Waals surface area contributed by atoms with Crippen LogP contribution in [0.1, 0.15) is 38.7 Å². The van der Waals surface area contributed by atoms with E-state index in [-0.39, 0.29) is 11.9 Å². The molecule has 1 aliphatic rings. The number of aromatic nitrogens is 3. The van der Waals surface area contributed by atoms with Crippen LogP contribution in [-0.4, -0.2) is 44.5 Å². The molecule has 0 aliphatic carbocycles. The highest BCUT2D eigenvalue weighted by atomic mass is 16.2. The molecule has 1 N–H and O–H groups in total. The first-order valence-electron chi connectivity index (χ1n) is 10.1. The monoisotopic (exact) mass is 377 g/mol. The number of fused-ring (bicyclic) bond motifs is 4. The van der Waals surface area contributed by atoms with Gasteiger partial charge in [-0.15, -0.1) is 0 Å². The second-order valence-corrected chi connectivity index (χ2v) is 7.65. The molecule has 1 aromatic carbocycles. The molecular weight excluding hydrogens is 350 g/mol. The van der Waals surface area contributed by atoms with Gasteiger partial charge in [0.15, 0.2) is 5.65 Å². The summed E-state index contributed by atoms with van der Waals surface area (Å²) >= 11 is 0. The van der Waals surface area contributed by atoms with Gasteiger partial charge in [-0.2, -0.15) is 5.10 Å². The van der Waals surface area contributed by atoms with Crippen molar-refractivity contribution in [2.75, 3.05) is 18.4 Å². The molecule has 2 aromatic heterocycles. The van der Waals surface area contributed by atoms with Crippen molar-refractivity contribution in [3.8, 4) is 11.1 Å². The lowest BCUT2D eigenvalue weighted by Gasteiger charge is -2.27. The summed E-state index contributed by atoms with van der Waals surface area (Å²) in [4.78, 5) is 19.4. The van der Waals surface area contributed by atoms with Crippen LogP contribution in [0.15, 0.2) is 42.7 Å². The van der Waals surface area contributed by atoms with Gasteiger partial charge in [-0.3, -0.25) is 4.79 Å². The summed E-state index contributed by atoms with van der Waals surface area (Å²) in [5, 5.41) is 7.80. The maximum absolute atomic E-state index is 12.7. The number of rotatable bonds is 1. The van der Waals surface area contributed by atoms with Crippen molar-refractivity contribution in [1.82, 2.24) is 19.5 Å². The SMILES string of the molecule is CC(C)N1CCCc2cccc(c2)-c2cnn3ccc(nc23)NCCCC1=O. The first kappa shape index (κ1) is 18.5. The molecule has 0 saturated heterocycles. The average Bonchev–Trinajstić information content (AvgIpc) is 3.11. The van der Waals surface area contributed by atoms with Crippen LogP contribution in [0.3, 0.4) is 0 Å². The van der Waals surface area contributed by atoms with Gasteiger partial charge in [-0.05, 0) is 50.3 Å². The number of hydrogen-bond donors (Lipinski definition) is 1. The van der Waals surface area contributed by atoms with Crippen LogP contribution in [0.4, 0.5) is 5.82 Å². The molecule has 6 heteroatoms. The van der Waals surface area contributed by atoms with Crippen LogP contribution in [0.25, 0.3) is 16.8 Å². The second kappa shape index (κ2) is 8.00. The van der Waals surface area contributed by atoms with Crippen LogP contribution in [0.2, 0.25) is 0 Å². The van der Waals surface area contributed by atoms with Gasteiger partial charge in [0.2, 0.25) is 5.91 Å². The largest absolute Gasteiger partial charge is 0.370 e. The first-order chi connectivity index (χ1) is 13.6. The van der Waals surface area contributed by atoms with Crippen molar-refractivity contribution in [2.45, 2.75) is 45.6 Å². The van der Waals surface area contributed by atoms with E-state index in [4.69, 9.17) is 4.98 Å². The van der Waals surface area contributed by atoms with Gasteiger partial charge in [0.05, 0.1) is 6.20 Å². The molecule has 0 saturated carbocycles. The summed E-state index contributed by atoms with van der Waals surface area (Å²) in [5.74, 6) is 1.05. The molecule has 0 unspecified atom stereocenters. The molecule has 1 amide bonds. The number of anilines is 1. The van der Waals surface area contributed by atoms with E-state index in [2.05, 4.69) is 48.5 Å². The van der Waals surface area contributed by atoms with Crippen LogP contribution in [0.5, 0.6) is 0 Å². The molecular formula is C22H27N5O. The normalized spacial score (nSPS) is 16.0. The highest BCUT2D eigenvalue weighted by Crippen LogP contribution is 2.25. The van der Waals surface area contributed by atoms with Crippen molar-refractivity contribution in [1.29, 1.82) is 0 Å². The molecule has 28 heavy (non-hydrogen) atoms. The zero-order chi connectivity index (χ0) is 19.5. The van der Waals surface area contributed by atoms with Crippen LogP contribution < -0.4 is 5.32 Å². The van der Waals surface area contributed by atoms with Crippen LogP contribution in [0, 0.1) is 0 Å². The maximum Gasteiger partial charge on any atom is 0.222 e. The standard InChI is InChI=1S/C22H27N5O/c1-16(2)26-12-5-7-17-6-3-8-18(14-17)19-15-24-27-13-10-20(25-22(19)27)23-11-4-9-21(26)28/h3,6,8,10,13-16H,4-5,7,9,11-12H2,1-2H3,(H,23,25). The predicted octanol–water partition coefficient (Wildman–Crippen LogP) is 3.77. The van der Waals surface area contributed by atoms with E-state index < -0.39 is 0 Å². The Labute approximate surface area is 165 Å². The quantitative estimate of drug-likeness (QED) is 0.701. The summed E-state index contributed by atoms with van der Waals surface area (Å²) in [7, 11) is 0. The number of carbonyl (C=O) groups excluding carboxylic acids is 1. The number of aryl methyl sites for hydroxylation is 1. The van der Waals surface area contributed by atoms with E-state index in [0.717, 1.165) is 54.9 Å². The molecule has 146 valence electrons. The Morgan fingerprint density at radius 3 is 2.89 bits per heavy atom. The highest BCUT2D eigenvalue weighted by Gasteiger charge is 2.17. The Morgan fingerprint density at radius 2 is 2.04 bits per heavy atom. The van der Waals surface area contributed by atoms with Crippen molar-refractivity contribution in [2.24, 2.45) is 0 Å². The first-order valence-corrected chi connectivity index (χ1v) is 10.1. The number of nitrogens with one attached hydrogen (secondary N) is 1. The Kier molecular flexibility index (Phi) is 5.28. The Balaban J connectivity index is 1.69. The van der Waals surface area contributed by atoms with Crippen molar-refractivity contribution >= 4 is 17.4 Å². The molecule has 0 fully saturated rings. The maximum atomic E-state index is 12.7. The third-order valence-corrected chi connectivity index (χ3v) is 5.29. The van der Waals surface area contributed by atoms with Gasteiger partial charge in [-0.25, -0.2) is 9.50 Å². The van der Waals surface area contributed by atoms with Gasteiger partial charge < -0.3 is 10.2 Å². The Hall–Kier alpha value is -2.89. The van der Waals surface area contributed by atoms with Gasteiger partial charge in [0.1, 0.15) is 5.82 Å². The molecule has 6 nitrogen and oxygen atoms in total. The summed E-state index contributed by atoms with van der Waals surface area (Å²) in [6.07, 6.45) is 7.06. The highest BCUT2D eigenvalue weighted by molar-refractivity contribution is 5.78. The van der Waals surface area contributed by atoms with Gasteiger partial charge in [0, 0.05) is 37.3 Å². The fourth-order valence-corrected chi connectivity index (χ4v) is 3.79. The van der Waals surface area contributed by atoms with Crippen molar-refractivity contribution < 1.29 is 4.79 Å². The smallest absolute Gasteiger partial charge is 0.222 e. The number of amides is 1. The zero-order valence-corrected chi connectivity index (χ0v) is 16.6. The summed E-state index contributed by atoms with van der Waals surface area (Å²) in [6, 6.07) is 10.7. The molecule has 0 spiro atoms. The third-order valence-electron chi connectivity index (χ3n) is 5.29. The molecule has 3 aromatic rings. The van der Waals surface area contributed by atoms with Crippen molar-refractivity contribution in [3.05, 3.63) is 48.3 Å². The van der Waals surface area contributed by atoms with E-state index in [1.807, 2.05) is 23.4 Å². The lowest BCUT2D eigenvalue weighted by atomic mass is 10.0. The third kappa shape index (κ3) is 3.86. The molecule has 0 atom stereocenters. The van der Waals surface area contributed by atoms with E-state index >= 15 is 0 Å². The number of carbonyl (C=O) groups is 1. The van der Waals surface area contributed by atoms with Crippen molar-refractivity contribution in [3.63, 3.8) is 0 Å². The average molecular weight is 377 g/mol. The lowest BCUT2D eigenvalue weighted by Crippen LogP contribution is -2.38. The van der Waals surface area contributed by atoms with E-state index in [0.29, 0.717) is 6.42 Å². The van der Waals surface area contributed by atoms with E-state index in [1.54, 1.807) is 4.52 Å². The number of nitrogens with zero attached hydrogens (tertiary/aromatic N) is 4. The molecule has 3 heterocycles. The Morgan fingerprint density at radius 1 is 1.14 bits per heavy atom. The zero-order valence-electron chi connectivity index (χ0n) is 16.6. The molecule has 1 aliphatic heterocycles. The molecule has 4 bridgehead atoms. The van der Waals surface area contributed by atoms with Crippen LogP contribution >= 0.6 is 0 Å². The van der Waals surface area contributed by atoms with Crippen LogP contribution in [-0.2, 0) is 11.2 Å².